The fourth-order valence-electron chi connectivity index (χ4n) is 3.87. The predicted molar refractivity (Wildman–Crippen MR) is 110 cm³/mol. The summed E-state index contributed by atoms with van der Waals surface area (Å²) in [5, 5.41) is 0. The number of nitrogens with zero attached hydrogens (tertiary/aromatic N) is 5. The summed E-state index contributed by atoms with van der Waals surface area (Å²) in [6, 6.07) is 17.6. The van der Waals surface area contributed by atoms with Crippen LogP contribution in [-0.2, 0) is 21.1 Å². The van der Waals surface area contributed by atoms with E-state index in [2.05, 4.69) is 31.9 Å². The number of aromatic nitrogens is 5. The Kier molecular flexibility index (Phi) is 2.94. The lowest BCUT2D eigenvalue weighted by molar-refractivity contribution is -0.685. The van der Waals surface area contributed by atoms with E-state index in [4.69, 9.17) is 9.10 Å². The Bertz CT molecular complexity index is 1460. The molecule has 5 heteroatoms. The van der Waals surface area contributed by atoms with Crippen molar-refractivity contribution in [1.82, 2.24) is 14.0 Å². The molecule has 0 aliphatic rings. The van der Waals surface area contributed by atoms with E-state index in [0.717, 1.165) is 39.6 Å². The van der Waals surface area contributed by atoms with Gasteiger partial charge in [-0.15, -0.1) is 0 Å². The van der Waals surface area contributed by atoms with Crippen molar-refractivity contribution in [3.63, 3.8) is 0 Å². The monoisotopic (exact) mass is 372 g/mol. The molecule has 138 valence electrons. The predicted octanol–water partition coefficient (Wildman–Crippen LogP) is 3.12. The molecule has 4 heterocycles. The van der Waals surface area contributed by atoms with E-state index in [9.17, 15) is 0 Å². The molecule has 0 unspecified atom stereocenters. The zero-order valence-corrected chi connectivity index (χ0v) is 16.1. The highest BCUT2D eigenvalue weighted by Crippen LogP contribution is 2.25. The molecule has 28 heavy (non-hydrogen) atoms. The van der Waals surface area contributed by atoms with E-state index in [0.29, 0.717) is 5.56 Å². The zero-order valence-electron chi connectivity index (χ0n) is 19.1. The number of aryl methyl sites for hydroxylation is 3. The average Bonchev–Trinajstić information content (AvgIpc) is 3.25. The molecule has 0 saturated heterocycles. The molecule has 0 aliphatic carbocycles. The minimum Gasteiger partial charge on any atom is -0.308 e. The van der Waals surface area contributed by atoms with E-state index >= 15 is 0 Å². The molecule has 0 radical (unpaired) electrons. The van der Waals surface area contributed by atoms with Crippen LogP contribution in [0.15, 0.2) is 67.0 Å². The van der Waals surface area contributed by atoms with Crippen LogP contribution in [0.4, 0.5) is 0 Å². The van der Waals surface area contributed by atoms with Gasteiger partial charge in [0, 0.05) is 41.6 Å². The van der Waals surface area contributed by atoms with Crippen molar-refractivity contribution in [2.24, 2.45) is 21.1 Å². The standard InChI is InChI=1S/C23H23N5/c1-16-12-13-25(2)21(14-16)19-10-7-11-20(26(19)3)22-15-28-18-9-6-5-8-17(18)24-23(28)27(22)4/h5-15H,1-4H3/q+2/i1D3. The lowest BCUT2D eigenvalue weighted by atomic mass is 10.1. The molecule has 0 spiro atoms. The van der Waals surface area contributed by atoms with Gasteiger partial charge in [-0.2, -0.15) is 9.13 Å². The van der Waals surface area contributed by atoms with Gasteiger partial charge in [0.1, 0.15) is 19.8 Å². The number of pyridine rings is 2. The highest BCUT2D eigenvalue weighted by Gasteiger charge is 2.25. The number of imidazole rings is 2. The maximum atomic E-state index is 7.78. The largest absolute Gasteiger partial charge is 0.308 e. The summed E-state index contributed by atoms with van der Waals surface area (Å²) in [5.74, 6) is 0.872. The maximum Gasteiger partial charge on any atom is 0.277 e. The molecule has 5 rings (SSSR count). The summed E-state index contributed by atoms with van der Waals surface area (Å²) in [7, 11) is 5.94. The summed E-state index contributed by atoms with van der Waals surface area (Å²) in [4.78, 5) is 4.77. The first-order valence-corrected chi connectivity index (χ1v) is 9.18. The van der Waals surface area contributed by atoms with E-state index in [1.54, 1.807) is 18.3 Å². The SMILES string of the molecule is [2H]C([2H])([2H])c1cc[n+](C)c(-c2cccc(-c3cn4c5ccccc5nc4n3C)[n+]2C)c1. The normalized spacial score (nSPS) is 13.6. The second-order valence-electron chi connectivity index (χ2n) is 7.11. The fourth-order valence-corrected chi connectivity index (χ4v) is 3.87. The second-order valence-corrected chi connectivity index (χ2v) is 7.11. The third-order valence-electron chi connectivity index (χ3n) is 5.40. The summed E-state index contributed by atoms with van der Waals surface area (Å²) < 4.78 is 31.5. The Labute approximate surface area is 168 Å². The van der Waals surface area contributed by atoms with Crippen molar-refractivity contribution in [2.45, 2.75) is 6.85 Å². The summed E-state index contributed by atoms with van der Waals surface area (Å²) in [5.41, 5.74) is 6.15. The molecule has 0 fully saturated rings. The minimum atomic E-state index is -2.15. The van der Waals surface area contributed by atoms with Gasteiger partial charge in [-0.05, 0) is 30.6 Å². The molecule has 0 amide bonds. The molecule has 0 atom stereocenters. The Morgan fingerprint density at radius 3 is 2.64 bits per heavy atom. The molecule has 0 saturated carbocycles. The van der Waals surface area contributed by atoms with E-state index in [1.165, 1.54) is 0 Å². The van der Waals surface area contributed by atoms with Crippen LogP contribution < -0.4 is 9.13 Å². The van der Waals surface area contributed by atoms with Gasteiger partial charge in [-0.1, -0.05) is 12.1 Å². The molecule has 0 aliphatic heterocycles. The molecule has 5 nitrogen and oxygen atoms in total. The topological polar surface area (TPSA) is 30.0 Å². The lowest BCUT2D eigenvalue weighted by Gasteiger charge is -2.05. The van der Waals surface area contributed by atoms with Crippen LogP contribution >= 0.6 is 0 Å². The number of para-hydroxylation sites is 2. The third-order valence-corrected chi connectivity index (χ3v) is 5.40. The molecule has 4 aromatic heterocycles. The van der Waals surface area contributed by atoms with Crippen LogP contribution in [0.2, 0.25) is 0 Å². The molecular weight excluding hydrogens is 346 g/mol. The summed E-state index contributed by atoms with van der Waals surface area (Å²) >= 11 is 0. The molecule has 0 bridgehead atoms. The first-order chi connectivity index (χ1) is 14.8. The Balaban J connectivity index is 1.71. The van der Waals surface area contributed by atoms with Gasteiger partial charge in [0.2, 0.25) is 11.5 Å². The smallest absolute Gasteiger partial charge is 0.277 e. The first kappa shape index (κ1) is 13.7. The van der Waals surface area contributed by atoms with E-state index in [-0.39, 0.29) is 0 Å². The quantitative estimate of drug-likeness (QED) is 0.438. The van der Waals surface area contributed by atoms with Crippen LogP contribution in [0.5, 0.6) is 0 Å². The molecule has 5 aromatic rings. The van der Waals surface area contributed by atoms with Gasteiger partial charge in [0.05, 0.1) is 11.0 Å². The van der Waals surface area contributed by atoms with E-state index < -0.39 is 6.85 Å². The molecule has 0 N–H and O–H groups in total. The Hall–Kier alpha value is -3.47. The Morgan fingerprint density at radius 2 is 1.79 bits per heavy atom. The number of hydrogen-bond donors (Lipinski definition) is 0. The third kappa shape index (κ3) is 2.36. The highest BCUT2D eigenvalue weighted by atomic mass is 15.2. The van der Waals surface area contributed by atoms with Crippen molar-refractivity contribution >= 4 is 16.8 Å². The molecule has 1 aromatic carbocycles. The van der Waals surface area contributed by atoms with Gasteiger partial charge in [-0.25, -0.2) is 4.98 Å². The van der Waals surface area contributed by atoms with Crippen molar-refractivity contribution in [3.8, 4) is 22.8 Å². The van der Waals surface area contributed by atoms with Crippen LogP contribution in [0.3, 0.4) is 0 Å². The van der Waals surface area contributed by atoms with Gasteiger partial charge in [0.25, 0.3) is 11.4 Å². The number of rotatable bonds is 2. The summed E-state index contributed by atoms with van der Waals surface area (Å²) in [6.07, 6.45) is 3.90. The average molecular weight is 372 g/mol. The zero-order chi connectivity index (χ0) is 21.9. The number of fused-ring (bicyclic) bond motifs is 3. The second kappa shape index (κ2) is 6.02. The van der Waals surface area contributed by atoms with Crippen molar-refractivity contribution in [1.29, 1.82) is 0 Å². The van der Waals surface area contributed by atoms with Gasteiger partial charge in [-0.3, -0.25) is 4.40 Å². The van der Waals surface area contributed by atoms with Crippen LogP contribution in [-0.4, -0.2) is 14.0 Å². The van der Waals surface area contributed by atoms with Crippen LogP contribution in [0, 0.1) is 6.85 Å². The van der Waals surface area contributed by atoms with E-state index in [1.807, 2.05) is 56.0 Å². The van der Waals surface area contributed by atoms with Crippen LogP contribution in [0.25, 0.3) is 39.6 Å². The highest BCUT2D eigenvalue weighted by molar-refractivity contribution is 5.81. The summed E-state index contributed by atoms with van der Waals surface area (Å²) in [6.45, 7) is -2.15. The molecular formula is C23H23N5+2. The van der Waals surface area contributed by atoms with Gasteiger partial charge in [0.15, 0.2) is 6.20 Å². The fraction of sp³-hybridized carbons (Fsp3) is 0.174. The Morgan fingerprint density at radius 1 is 0.964 bits per heavy atom. The maximum absolute atomic E-state index is 7.78. The van der Waals surface area contributed by atoms with Gasteiger partial charge < -0.3 is 4.57 Å². The first-order valence-electron chi connectivity index (χ1n) is 10.7. The van der Waals surface area contributed by atoms with Crippen LogP contribution in [0.1, 0.15) is 9.68 Å². The van der Waals surface area contributed by atoms with Crippen molar-refractivity contribution in [2.75, 3.05) is 0 Å². The van der Waals surface area contributed by atoms with Crippen molar-refractivity contribution in [3.05, 3.63) is 72.6 Å². The number of benzene rings is 1. The lowest BCUT2D eigenvalue weighted by Crippen LogP contribution is -2.40. The van der Waals surface area contributed by atoms with Crippen molar-refractivity contribution < 1.29 is 13.2 Å². The minimum absolute atomic E-state index is 0.329. The van der Waals surface area contributed by atoms with Gasteiger partial charge >= 0.3 is 0 Å². The number of hydrogen-bond acceptors (Lipinski definition) is 1.